The summed E-state index contributed by atoms with van der Waals surface area (Å²) < 4.78 is 6.31. The molecule has 1 nitrogen and oxygen atoms in total. The molecule has 0 amide bonds. The average Bonchev–Trinajstić information content (AvgIpc) is 2.25. The lowest BCUT2D eigenvalue weighted by Gasteiger charge is -2.38. The van der Waals surface area contributed by atoms with Gasteiger partial charge in [0.05, 0.1) is 0 Å². The number of unbranched alkanes of at least 4 members (excludes halogenated alkanes) is 3. The fraction of sp³-hybridized carbons (Fsp3) is 0.765. The first-order valence-corrected chi connectivity index (χ1v) is 10.4. The van der Waals surface area contributed by atoms with Crippen LogP contribution in [0.5, 0.6) is 0 Å². The van der Waals surface area contributed by atoms with Gasteiger partial charge in [-0.1, -0.05) is 32.9 Å². The quantitative estimate of drug-likeness (QED) is 0.245. The van der Waals surface area contributed by atoms with Crippen molar-refractivity contribution in [2.45, 2.75) is 84.0 Å². The van der Waals surface area contributed by atoms with E-state index < -0.39 is 8.32 Å². The van der Waals surface area contributed by atoms with E-state index in [-0.39, 0.29) is 0 Å². The highest BCUT2D eigenvalue weighted by Gasteiger charge is 2.38. The molecule has 19 heavy (non-hydrogen) atoms. The van der Waals surface area contributed by atoms with Crippen LogP contribution >= 0.6 is 0 Å². The van der Waals surface area contributed by atoms with Gasteiger partial charge in [-0.2, -0.15) is 0 Å². The van der Waals surface area contributed by atoms with Crippen molar-refractivity contribution >= 4 is 8.32 Å². The topological polar surface area (TPSA) is 9.23 Å². The van der Waals surface area contributed by atoms with Crippen molar-refractivity contribution < 1.29 is 4.43 Å². The van der Waals surface area contributed by atoms with E-state index in [1.165, 1.54) is 6.42 Å². The third kappa shape index (κ3) is 8.29. The highest BCUT2D eigenvalue weighted by molar-refractivity contribution is 6.74. The van der Waals surface area contributed by atoms with Gasteiger partial charge in [-0.15, -0.1) is 12.3 Å². The maximum absolute atomic E-state index is 6.31. The number of hydrogen-bond donors (Lipinski definition) is 0. The van der Waals surface area contributed by atoms with Crippen LogP contribution in [0.2, 0.25) is 18.1 Å². The van der Waals surface area contributed by atoms with Crippen molar-refractivity contribution in [3.8, 4) is 12.3 Å². The summed E-state index contributed by atoms with van der Waals surface area (Å²) in [6, 6.07) is 0. The minimum Gasteiger partial charge on any atom is -0.414 e. The van der Waals surface area contributed by atoms with Crippen LogP contribution in [0.25, 0.3) is 0 Å². The van der Waals surface area contributed by atoms with Crippen molar-refractivity contribution in [3.63, 3.8) is 0 Å². The zero-order chi connectivity index (χ0) is 14.9. The van der Waals surface area contributed by atoms with Crippen LogP contribution in [0.3, 0.4) is 0 Å². The largest absolute Gasteiger partial charge is 0.414 e. The number of rotatable bonds is 8. The van der Waals surface area contributed by atoms with Gasteiger partial charge in [0.25, 0.3) is 0 Å². The summed E-state index contributed by atoms with van der Waals surface area (Å²) in [5.41, 5.74) is 0. The molecule has 0 saturated carbocycles. The van der Waals surface area contributed by atoms with E-state index in [2.05, 4.69) is 58.9 Å². The maximum atomic E-state index is 6.31. The molecule has 110 valence electrons. The van der Waals surface area contributed by atoms with E-state index >= 15 is 0 Å². The zero-order valence-corrected chi connectivity index (χ0v) is 14.8. The molecule has 0 bridgehead atoms. The fourth-order valence-electron chi connectivity index (χ4n) is 1.62. The summed E-state index contributed by atoms with van der Waals surface area (Å²) in [5.74, 6) is 2.68. The van der Waals surface area contributed by atoms with Gasteiger partial charge in [-0.3, -0.25) is 0 Å². The van der Waals surface area contributed by atoms with Gasteiger partial charge in [0, 0.05) is 12.5 Å². The monoisotopic (exact) mass is 280 g/mol. The Kier molecular flexibility index (Phi) is 8.37. The molecule has 0 aromatic rings. The van der Waals surface area contributed by atoms with Gasteiger partial charge in [-0.25, -0.2) is 0 Å². The maximum Gasteiger partial charge on any atom is 0.192 e. The van der Waals surface area contributed by atoms with Crippen molar-refractivity contribution in [2.75, 3.05) is 0 Å². The van der Waals surface area contributed by atoms with Gasteiger partial charge < -0.3 is 4.43 Å². The Morgan fingerprint density at radius 1 is 1.21 bits per heavy atom. The molecule has 0 spiro atoms. The lowest BCUT2D eigenvalue weighted by molar-refractivity contribution is 0.202. The summed E-state index contributed by atoms with van der Waals surface area (Å²) in [6.07, 6.45) is 15.4. The molecule has 0 radical (unpaired) electrons. The van der Waals surface area contributed by atoms with Crippen LogP contribution in [0.1, 0.15) is 59.8 Å². The van der Waals surface area contributed by atoms with Gasteiger partial charge in [0.2, 0.25) is 0 Å². The zero-order valence-electron chi connectivity index (χ0n) is 13.8. The van der Waals surface area contributed by atoms with E-state index in [0.717, 1.165) is 25.7 Å². The van der Waals surface area contributed by atoms with E-state index in [1.54, 1.807) is 0 Å². The molecule has 0 aliphatic carbocycles. The Balaban J connectivity index is 3.90. The van der Waals surface area contributed by atoms with Crippen LogP contribution in [-0.4, -0.2) is 14.4 Å². The Morgan fingerprint density at radius 2 is 1.84 bits per heavy atom. The normalized spacial score (nSPS) is 14.6. The van der Waals surface area contributed by atoms with Gasteiger partial charge in [-0.05, 0) is 50.7 Å². The average molecular weight is 281 g/mol. The van der Waals surface area contributed by atoms with Crippen LogP contribution in [0.15, 0.2) is 12.2 Å². The van der Waals surface area contributed by atoms with Crippen molar-refractivity contribution in [1.82, 2.24) is 0 Å². The molecule has 0 fully saturated rings. The smallest absolute Gasteiger partial charge is 0.192 e. The predicted octanol–water partition coefficient (Wildman–Crippen LogP) is 5.54. The van der Waals surface area contributed by atoms with Crippen molar-refractivity contribution in [3.05, 3.63) is 12.2 Å². The Bertz CT molecular complexity index is 304. The third-order valence-corrected chi connectivity index (χ3v) is 8.48. The molecule has 0 aromatic carbocycles. The summed E-state index contributed by atoms with van der Waals surface area (Å²) >= 11 is 0. The third-order valence-electron chi connectivity index (χ3n) is 3.88. The first-order valence-electron chi connectivity index (χ1n) is 7.47. The lowest BCUT2D eigenvalue weighted by Crippen LogP contribution is -2.43. The highest BCUT2D eigenvalue weighted by Crippen LogP contribution is 2.37. The van der Waals surface area contributed by atoms with E-state index in [0.29, 0.717) is 11.1 Å². The second kappa shape index (κ2) is 8.61. The first kappa shape index (κ1) is 18.5. The molecule has 0 unspecified atom stereocenters. The SMILES string of the molecule is C#CCCCC/C=C/C[C@@H](C)O[Si](C)(C)C(C)(C)C. The highest BCUT2D eigenvalue weighted by atomic mass is 28.4. The molecule has 0 aromatic heterocycles. The summed E-state index contributed by atoms with van der Waals surface area (Å²) in [6.45, 7) is 13.7. The van der Waals surface area contributed by atoms with Crippen molar-refractivity contribution in [1.29, 1.82) is 0 Å². The molecule has 0 N–H and O–H groups in total. The second-order valence-corrected chi connectivity index (χ2v) is 11.6. The van der Waals surface area contributed by atoms with Gasteiger partial charge >= 0.3 is 0 Å². The number of allylic oxidation sites excluding steroid dienone is 1. The number of terminal acetylenes is 1. The molecule has 0 heterocycles. The molecule has 0 aliphatic rings. The standard InChI is InChI=1S/C17H32OSi/c1-8-9-10-11-12-13-14-15-16(2)18-19(6,7)17(3,4)5/h1,13-14,16H,9-12,15H2,2-7H3/b14-13+/t16-/m1/s1. The fourth-order valence-corrected chi connectivity index (χ4v) is 3.08. The lowest BCUT2D eigenvalue weighted by atomic mass is 10.2. The van der Waals surface area contributed by atoms with E-state index in [4.69, 9.17) is 10.8 Å². The summed E-state index contributed by atoms with van der Waals surface area (Å²) in [5, 5.41) is 0.292. The molecule has 0 saturated heterocycles. The Morgan fingerprint density at radius 3 is 2.37 bits per heavy atom. The first-order chi connectivity index (χ1) is 8.70. The van der Waals surface area contributed by atoms with Crippen LogP contribution in [0, 0.1) is 12.3 Å². The molecular formula is C17H32OSi. The molecular weight excluding hydrogens is 248 g/mol. The molecule has 2 heteroatoms. The van der Waals surface area contributed by atoms with Crippen molar-refractivity contribution in [2.24, 2.45) is 0 Å². The molecule has 1 atom stereocenters. The van der Waals surface area contributed by atoms with E-state index in [1.807, 2.05) is 0 Å². The minimum absolute atomic E-state index is 0.292. The second-order valence-electron chi connectivity index (χ2n) is 6.85. The van der Waals surface area contributed by atoms with E-state index in [9.17, 15) is 0 Å². The Hall–Kier alpha value is -0.523. The predicted molar refractivity (Wildman–Crippen MR) is 88.8 cm³/mol. The van der Waals surface area contributed by atoms with Crippen LogP contribution in [0.4, 0.5) is 0 Å². The minimum atomic E-state index is -1.61. The van der Waals surface area contributed by atoms with Gasteiger partial charge in [0.15, 0.2) is 8.32 Å². The number of hydrogen-bond acceptors (Lipinski definition) is 1. The van der Waals surface area contributed by atoms with Gasteiger partial charge in [0.1, 0.15) is 0 Å². The summed E-state index contributed by atoms with van der Waals surface area (Å²) in [7, 11) is -1.61. The Labute approximate surface area is 122 Å². The van der Waals surface area contributed by atoms with Crippen LogP contribution in [-0.2, 0) is 4.43 Å². The molecule has 0 rings (SSSR count). The molecule has 0 aliphatic heterocycles. The van der Waals surface area contributed by atoms with Crippen LogP contribution < -0.4 is 0 Å². The summed E-state index contributed by atoms with van der Waals surface area (Å²) in [4.78, 5) is 0.